The van der Waals surface area contributed by atoms with Gasteiger partial charge in [-0.2, -0.15) is 5.06 Å². The van der Waals surface area contributed by atoms with E-state index in [4.69, 9.17) is 10.6 Å². The normalized spacial score (nSPS) is 27.4. The first-order chi connectivity index (χ1) is 9.61. The number of rotatable bonds is 3. The van der Waals surface area contributed by atoms with Gasteiger partial charge in [-0.1, -0.05) is 0 Å². The predicted molar refractivity (Wildman–Crippen MR) is 69.1 cm³/mol. The smallest absolute Gasteiger partial charge is 0.192 e. The Morgan fingerprint density at radius 2 is 2.25 bits per heavy atom. The molecule has 0 amide bonds. The molecule has 9 heteroatoms. The van der Waals surface area contributed by atoms with Gasteiger partial charge in [-0.05, 0) is 0 Å². The van der Waals surface area contributed by atoms with Crippen molar-refractivity contribution in [3.05, 3.63) is 12.7 Å². The summed E-state index contributed by atoms with van der Waals surface area (Å²) in [7, 11) is 1.71. The second-order valence-corrected chi connectivity index (χ2v) is 4.83. The van der Waals surface area contributed by atoms with Crippen LogP contribution in [0.25, 0.3) is 11.2 Å². The van der Waals surface area contributed by atoms with Crippen LogP contribution in [-0.4, -0.2) is 61.1 Å². The third kappa shape index (κ3) is 1.75. The van der Waals surface area contributed by atoms with E-state index < -0.39 is 5.72 Å². The molecule has 1 saturated heterocycles. The Hall–Kier alpha value is -1.81. The minimum Gasteiger partial charge on any atom is -0.395 e. The first-order valence-electron chi connectivity index (χ1n) is 6.19. The molecule has 0 radical (unpaired) electrons. The fourth-order valence-corrected chi connectivity index (χ4v) is 2.52. The highest BCUT2D eigenvalue weighted by molar-refractivity contribution is 5.81. The molecule has 2 aromatic rings. The van der Waals surface area contributed by atoms with Gasteiger partial charge in [0.2, 0.25) is 0 Å². The molecule has 108 valence electrons. The Morgan fingerprint density at radius 1 is 1.45 bits per heavy atom. The van der Waals surface area contributed by atoms with Crippen molar-refractivity contribution in [2.24, 2.45) is 0 Å². The van der Waals surface area contributed by atoms with E-state index in [0.29, 0.717) is 17.6 Å². The van der Waals surface area contributed by atoms with Gasteiger partial charge in [-0.3, -0.25) is 9.40 Å². The second-order valence-electron chi connectivity index (χ2n) is 4.83. The average Bonchev–Trinajstić information content (AvgIpc) is 3.01. The molecule has 0 bridgehead atoms. The van der Waals surface area contributed by atoms with Gasteiger partial charge >= 0.3 is 0 Å². The van der Waals surface area contributed by atoms with Crippen molar-refractivity contribution in [3.63, 3.8) is 0 Å². The number of aliphatic hydroxyl groups is 2. The molecule has 0 aromatic carbocycles. The number of anilines is 1. The Balaban J connectivity index is 2.11. The summed E-state index contributed by atoms with van der Waals surface area (Å²) in [6.07, 6.45) is 3.26. The number of likely N-dealkylation sites (N-methyl/N-ethyl adjacent to an activating group) is 1. The standard InChI is InChI=1S/C11H16N6O3/c1-16-7(3-18)2-11(4-19,20-16)17-6-15-8-9(12)13-5-14-10(8)17/h5-7,18-19H,2-4H2,1H3,(H2,12,13,14)/t7-,11+/m1/s1. The van der Waals surface area contributed by atoms with Gasteiger partial charge in [0.05, 0.1) is 25.6 Å². The van der Waals surface area contributed by atoms with Gasteiger partial charge < -0.3 is 15.9 Å². The summed E-state index contributed by atoms with van der Waals surface area (Å²) in [5, 5.41) is 20.7. The van der Waals surface area contributed by atoms with Gasteiger partial charge in [0.25, 0.3) is 0 Å². The molecule has 0 saturated carbocycles. The molecule has 3 rings (SSSR count). The largest absolute Gasteiger partial charge is 0.395 e. The summed E-state index contributed by atoms with van der Waals surface area (Å²) in [6, 6.07) is -0.209. The highest BCUT2D eigenvalue weighted by Crippen LogP contribution is 2.36. The lowest BCUT2D eigenvalue weighted by molar-refractivity contribution is -0.237. The van der Waals surface area contributed by atoms with Crippen molar-refractivity contribution in [1.29, 1.82) is 0 Å². The maximum absolute atomic E-state index is 9.79. The van der Waals surface area contributed by atoms with E-state index >= 15 is 0 Å². The molecule has 1 fully saturated rings. The topological polar surface area (TPSA) is 123 Å². The van der Waals surface area contributed by atoms with E-state index in [2.05, 4.69) is 15.0 Å². The van der Waals surface area contributed by atoms with Gasteiger partial charge in [-0.15, -0.1) is 0 Å². The number of imidazole rings is 1. The maximum atomic E-state index is 9.79. The third-order valence-corrected chi connectivity index (χ3v) is 3.64. The van der Waals surface area contributed by atoms with E-state index in [9.17, 15) is 10.2 Å². The quantitative estimate of drug-likeness (QED) is 0.633. The lowest BCUT2D eigenvalue weighted by Crippen LogP contribution is -2.37. The van der Waals surface area contributed by atoms with E-state index in [1.807, 2.05) is 0 Å². The van der Waals surface area contributed by atoms with Crippen LogP contribution < -0.4 is 5.73 Å². The van der Waals surface area contributed by atoms with E-state index in [1.165, 1.54) is 17.7 Å². The lowest BCUT2D eigenvalue weighted by Gasteiger charge is -2.27. The number of nitrogens with zero attached hydrogens (tertiary/aromatic N) is 5. The summed E-state index contributed by atoms with van der Waals surface area (Å²) in [4.78, 5) is 17.9. The number of hydroxylamine groups is 2. The van der Waals surface area contributed by atoms with E-state index in [0.717, 1.165) is 0 Å². The van der Waals surface area contributed by atoms with Crippen LogP contribution >= 0.6 is 0 Å². The van der Waals surface area contributed by atoms with E-state index in [1.54, 1.807) is 11.6 Å². The monoisotopic (exact) mass is 280 g/mol. The van der Waals surface area contributed by atoms with Crippen LogP contribution in [0.2, 0.25) is 0 Å². The highest BCUT2D eigenvalue weighted by atomic mass is 16.7. The fourth-order valence-electron chi connectivity index (χ4n) is 2.52. The summed E-state index contributed by atoms with van der Waals surface area (Å²) in [6.45, 7) is -0.342. The van der Waals surface area contributed by atoms with Gasteiger partial charge in [0.15, 0.2) is 17.2 Å². The molecule has 0 spiro atoms. The molecule has 1 aliphatic rings. The van der Waals surface area contributed by atoms with Crippen molar-refractivity contribution < 1.29 is 15.1 Å². The molecule has 2 atom stereocenters. The van der Waals surface area contributed by atoms with E-state index in [-0.39, 0.29) is 25.1 Å². The zero-order chi connectivity index (χ0) is 14.3. The molecule has 1 aliphatic heterocycles. The van der Waals surface area contributed by atoms with Crippen molar-refractivity contribution in [2.75, 3.05) is 26.0 Å². The van der Waals surface area contributed by atoms with Crippen molar-refractivity contribution in [1.82, 2.24) is 24.6 Å². The Kier molecular flexibility index (Phi) is 3.05. The molecular weight excluding hydrogens is 264 g/mol. The number of fused-ring (bicyclic) bond motifs is 1. The van der Waals surface area contributed by atoms with Crippen LogP contribution in [0.3, 0.4) is 0 Å². The SMILES string of the molecule is CN1O[C@@](CO)(n2cnc3c(N)ncnc32)C[C@@H]1CO. The second kappa shape index (κ2) is 4.63. The minimum atomic E-state index is -1.04. The highest BCUT2D eigenvalue weighted by Gasteiger charge is 2.46. The van der Waals surface area contributed by atoms with Crippen molar-refractivity contribution >= 4 is 17.0 Å². The van der Waals surface area contributed by atoms with Crippen LogP contribution in [0.15, 0.2) is 12.7 Å². The first kappa shape index (κ1) is 13.2. The van der Waals surface area contributed by atoms with Gasteiger partial charge in [0.1, 0.15) is 11.8 Å². The molecular formula is C11H16N6O3. The molecule has 0 unspecified atom stereocenters. The fraction of sp³-hybridized carbons (Fsp3) is 0.545. The molecule has 3 heterocycles. The molecule has 4 N–H and O–H groups in total. The van der Waals surface area contributed by atoms with Crippen LogP contribution in [-0.2, 0) is 10.6 Å². The van der Waals surface area contributed by atoms with Crippen LogP contribution in [0.4, 0.5) is 5.82 Å². The number of hydrogen-bond donors (Lipinski definition) is 3. The predicted octanol–water partition coefficient (Wildman–Crippen LogP) is -1.32. The van der Waals surface area contributed by atoms with Crippen LogP contribution in [0.5, 0.6) is 0 Å². The summed E-state index contributed by atoms with van der Waals surface area (Å²) >= 11 is 0. The molecule has 2 aromatic heterocycles. The number of aliphatic hydroxyl groups excluding tert-OH is 2. The third-order valence-electron chi connectivity index (χ3n) is 3.64. The summed E-state index contributed by atoms with van der Waals surface area (Å²) < 4.78 is 1.63. The minimum absolute atomic E-state index is 0.0675. The van der Waals surface area contributed by atoms with Crippen molar-refractivity contribution in [2.45, 2.75) is 18.2 Å². The van der Waals surface area contributed by atoms with Gasteiger partial charge in [-0.25, -0.2) is 15.0 Å². The Bertz CT molecular complexity index is 632. The number of nitrogens with two attached hydrogens (primary N) is 1. The first-order valence-corrected chi connectivity index (χ1v) is 6.19. The molecule has 9 nitrogen and oxygen atoms in total. The molecule has 0 aliphatic carbocycles. The summed E-state index contributed by atoms with van der Waals surface area (Å²) in [5.41, 5.74) is 5.65. The zero-order valence-corrected chi connectivity index (χ0v) is 11.0. The Morgan fingerprint density at radius 3 is 2.90 bits per heavy atom. The number of nitrogen functional groups attached to an aromatic ring is 1. The Labute approximate surface area is 114 Å². The average molecular weight is 280 g/mol. The summed E-state index contributed by atoms with van der Waals surface area (Å²) in [5.74, 6) is 0.270. The maximum Gasteiger partial charge on any atom is 0.192 e. The van der Waals surface area contributed by atoms with Crippen molar-refractivity contribution in [3.8, 4) is 0 Å². The number of aromatic nitrogens is 4. The number of hydrogen-bond acceptors (Lipinski definition) is 8. The molecule has 20 heavy (non-hydrogen) atoms. The lowest BCUT2D eigenvalue weighted by atomic mass is 10.1. The van der Waals surface area contributed by atoms with Crippen LogP contribution in [0.1, 0.15) is 6.42 Å². The van der Waals surface area contributed by atoms with Crippen LogP contribution in [0, 0.1) is 0 Å². The van der Waals surface area contributed by atoms with Gasteiger partial charge in [0, 0.05) is 13.5 Å². The zero-order valence-electron chi connectivity index (χ0n) is 11.0.